The van der Waals surface area contributed by atoms with Gasteiger partial charge in [0.1, 0.15) is 12.4 Å². The van der Waals surface area contributed by atoms with Crippen molar-refractivity contribution in [3.63, 3.8) is 0 Å². The van der Waals surface area contributed by atoms with Gasteiger partial charge in [-0.1, -0.05) is 56.1 Å². The van der Waals surface area contributed by atoms with Crippen molar-refractivity contribution in [1.29, 1.82) is 0 Å². The summed E-state index contributed by atoms with van der Waals surface area (Å²) in [6, 6.07) is 10.2. The van der Waals surface area contributed by atoms with Crippen molar-refractivity contribution in [2.75, 3.05) is 6.61 Å². The molecule has 0 bridgehead atoms. The van der Waals surface area contributed by atoms with Crippen LogP contribution in [0.15, 0.2) is 47.3 Å². The number of nitrogens with zero attached hydrogens (tertiary/aromatic N) is 3. The van der Waals surface area contributed by atoms with Gasteiger partial charge in [0.05, 0.1) is 17.7 Å². The van der Waals surface area contributed by atoms with E-state index in [1.54, 1.807) is 24.3 Å². The average molecular weight is 495 g/mol. The van der Waals surface area contributed by atoms with E-state index < -0.39 is 36.6 Å². The molecule has 7 nitrogen and oxygen atoms in total. The van der Waals surface area contributed by atoms with Crippen LogP contribution in [0.4, 0.5) is 4.39 Å². The molecule has 1 aromatic heterocycles. The Morgan fingerprint density at radius 3 is 2.45 bits per heavy atom. The van der Waals surface area contributed by atoms with E-state index in [0.717, 1.165) is 4.68 Å². The molecule has 0 spiro atoms. The predicted octanol–water partition coefficient (Wildman–Crippen LogP) is 4.05. The minimum atomic E-state index is -1.03. The Balaban J connectivity index is 1.90. The maximum Gasteiger partial charge on any atom is 0.346 e. The Morgan fingerprint density at radius 1 is 1.18 bits per heavy atom. The Morgan fingerprint density at radius 2 is 1.85 bits per heavy atom. The monoisotopic (exact) mass is 494 g/mol. The third kappa shape index (κ3) is 6.01. The summed E-state index contributed by atoms with van der Waals surface area (Å²) in [5, 5.41) is 17.0. The van der Waals surface area contributed by atoms with E-state index in [1.165, 1.54) is 22.8 Å². The van der Waals surface area contributed by atoms with Gasteiger partial charge in [-0.2, -0.15) is 0 Å². The fraction of sp³-hybridized carbons (Fsp3) is 0.348. The van der Waals surface area contributed by atoms with E-state index in [1.807, 2.05) is 20.8 Å². The van der Waals surface area contributed by atoms with Crippen molar-refractivity contribution in [3.05, 3.63) is 74.4 Å². The number of hydrogen-bond acceptors (Lipinski definition) is 4. The number of aliphatic hydroxyl groups is 1. The topological polar surface area (TPSA) is 89.2 Å². The maximum absolute atomic E-state index is 14.3. The summed E-state index contributed by atoms with van der Waals surface area (Å²) >= 11 is 11.8. The molecule has 0 saturated heterocycles. The Labute approximate surface area is 200 Å². The van der Waals surface area contributed by atoms with Crippen LogP contribution in [0.3, 0.4) is 0 Å². The van der Waals surface area contributed by atoms with Gasteiger partial charge in [-0.25, -0.2) is 13.9 Å². The molecule has 0 aliphatic carbocycles. The molecule has 33 heavy (non-hydrogen) atoms. The summed E-state index contributed by atoms with van der Waals surface area (Å²) < 4.78 is 16.9. The van der Waals surface area contributed by atoms with Crippen LogP contribution in [0, 0.1) is 11.2 Å². The summed E-state index contributed by atoms with van der Waals surface area (Å²) in [5.41, 5.74) is 0.0344. The lowest BCUT2D eigenvalue weighted by molar-refractivity contribution is -0.123. The molecule has 2 aromatic carbocycles. The van der Waals surface area contributed by atoms with Crippen molar-refractivity contribution in [3.8, 4) is 11.4 Å². The first-order chi connectivity index (χ1) is 15.5. The Kier molecular flexibility index (Phi) is 7.62. The maximum atomic E-state index is 14.3. The van der Waals surface area contributed by atoms with Gasteiger partial charge in [0, 0.05) is 22.7 Å². The van der Waals surface area contributed by atoms with Crippen molar-refractivity contribution < 1.29 is 14.3 Å². The summed E-state index contributed by atoms with van der Waals surface area (Å²) in [6.45, 7) is 5.38. The summed E-state index contributed by atoms with van der Waals surface area (Å²) in [4.78, 5) is 25.8. The van der Waals surface area contributed by atoms with Crippen LogP contribution < -0.4 is 11.0 Å². The lowest BCUT2D eigenvalue weighted by atomic mass is 9.97. The van der Waals surface area contributed by atoms with Gasteiger partial charge in [-0.3, -0.25) is 9.36 Å². The highest BCUT2D eigenvalue weighted by molar-refractivity contribution is 6.31. The van der Waals surface area contributed by atoms with Crippen LogP contribution in [0.25, 0.3) is 11.4 Å². The lowest BCUT2D eigenvalue weighted by Gasteiger charge is -2.19. The number of benzene rings is 2. The molecule has 0 aliphatic rings. The fourth-order valence-electron chi connectivity index (χ4n) is 3.36. The molecule has 1 atom stereocenters. The smallest absolute Gasteiger partial charge is 0.346 e. The normalized spacial score (nSPS) is 12.6. The second-order valence-corrected chi connectivity index (χ2v) is 9.71. The van der Waals surface area contributed by atoms with Gasteiger partial charge in [-0.15, -0.1) is 5.10 Å². The first-order valence-electron chi connectivity index (χ1n) is 10.3. The van der Waals surface area contributed by atoms with Crippen molar-refractivity contribution in [2.24, 2.45) is 5.41 Å². The number of carbonyl (C=O) groups excluding carboxylic acids is 1. The van der Waals surface area contributed by atoms with E-state index in [0.29, 0.717) is 23.0 Å². The van der Waals surface area contributed by atoms with Crippen LogP contribution >= 0.6 is 23.2 Å². The van der Waals surface area contributed by atoms with Crippen molar-refractivity contribution in [2.45, 2.75) is 39.9 Å². The number of hydrogen-bond donors (Lipinski definition) is 2. The van der Waals surface area contributed by atoms with Crippen LogP contribution in [-0.2, 0) is 17.9 Å². The van der Waals surface area contributed by atoms with Gasteiger partial charge in [0.15, 0.2) is 5.82 Å². The molecule has 0 radical (unpaired) electrons. The van der Waals surface area contributed by atoms with Crippen LogP contribution in [0.5, 0.6) is 0 Å². The number of halogens is 3. The largest absolute Gasteiger partial charge is 0.394 e. The molecule has 0 fully saturated rings. The first-order valence-corrected chi connectivity index (χ1v) is 11.0. The highest BCUT2D eigenvalue weighted by Crippen LogP contribution is 2.24. The van der Waals surface area contributed by atoms with E-state index in [2.05, 4.69) is 10.4 Å². The second kappa shape index (κ2) is 10.1. The van der Waals surface area contributed by atoms with Gasteiger partial charge in [-0.05, 0) is 35.7 Å². The number of aliphatic hydroxyl groups excluding tert-OH is 1. The predicted molar refractivity (Wildman–Crippen MR) is 126 cm³/mol. The Bertz CT molecular complexity index is 1200. The average Bonchev–Trinajstić information content (AvgIpc) is 3.03. The standard InChI is InChI=1S/C23H25Cl2FN4O3/c1-23(2,3)13-29-21(14-7-9-15(24)10-8-14)28-30(22(29)33)11-19(32)27-18(12-31)16-5-4-6-17(25)20(16)26/h4-10,18,31H,11-13H2,1-3H3,(H,27,32). The van der Waals surface area contributed by atoms with E-state index >= 15 is 0 Å². The highest BCUT2D eigenvalue weighted by Gasteiger charge is 2.23. The van der Waals surface area contributed by atoms with Crippen molar-refractivity contribution in [1.82, 2.24) is 19.7 Å². The summed E-state index contributed by atoms with van der Waals surface area (Å²) in [5.74, 6) is -0.937. The van der Waals surface area contributed by atoms with Crippen LogP contribution in [0.2, 0.25) is 10.0 Å². The molecule has 1 amide bonds. The number of amides is 1. The number of rotatable bonds is 7. The SMILES string of the molecule is CC(C)(C)Cn1c(-c2ccc(Cl)cc2)nn(CC(=O)NC(CO)c2cccc(Cl)c2F)c1=O. The minimum absolute atomic E-state index is 0.0470. The zero-order valence-electron chi connectivity index (χ0n) is 18.5. The van der Waals surface area contributed by atoms with Crippen molar-refractivity contribution >= 4 is 29.1 Å². The van der Waals surface area contributed by atoms with Gasteiger partial charge in [0.25, 0.3) is 0 Å². The molecule has 0 saturated carbocycles. The van der Waals surface area contributed by atoms with Gasteiger partial charge < -0.3 is 10.4 Å². The molecule has 176 valence electrons. The molecular formula is C23H25Cl2FN4O3. The minimum Gasteiger partial charge on any atom is -0.394 e. The van der Waals surface area contributed by atoms with Crippen LogP contribution in [0.1, 0.15) is 32.4 Å². The second-order valence-electron chi connectivity index (χ2n) is 8.86. The summed E-state index contributed by atoms with van der Waals surface area (Å²) in [6.07, 6.45) is 0. The quantitative estimate of drug-likeness (QED) is 0.518. The molecular weight excluding hydrogens is 470 g/mol. The molecule has 3 rings (SSSR count). The van der Waals surface area contributed by atoms with E-state index in [-0.39, 0.29) is 16.0 Å². The number of aromatic nitrogens is 3. The first kappa shape index (κ1) is 25.0. The highest BCUT2D eigenvalue weighted by atomic mass is 35.5. The lowest BCUT2D eigenvalue weighted by Crippen LogP contribution is -2.37. The zero-order valence-corrected chi connectivity index (χ0v) is 20.0. The molecule has 3 aromatic rings. The Hall–Kier alpha value is -2.68. The third-order valence-electron chi connectivity index (χ3n) is 4.83. The van der Waals surface area contributed by atoms with Crippen LogP contribution in [-0.4, -0.2) is 32.0 Å². The number of carbonyl (C=O) groups is 1. The molecule has 1 heterocycles. The molecule has 2 N–H and O–H groups in total. The zero-order chi connectivity index (χ0) is 24.3. The fourth-order valence-corrected chi connectivity index (χ4v) is 3.67. The van der Waals surface area contributed by atoms with Gasteiger partial charge in [0.2, 0.25) is 5.91 Å². The molecule has 10 heteroatoms. The van der Waals surface area contributed by atoms with E-state index in [4.69, 9.17) is 23.2 Å². The van der Waals surface area contributed by atoms with Gasteiger partial charge >= 0.3 is 5.69 Å². The summed E-state index contributed by atoms with van der Waals surface area (Å²) in [7, 11) is 0. The van der Waals surface area contributed by atoms with E-state index in [9.17, 15) is 19.1 Å². The molecule has 1 unspecified atom stereocenters. The number of nitrogens with one attached hydrogen (secondary N) is 1. The third-order valence-corrected chi connectivity index (χ3v) is 5.37. The molecule has 0 aliphatic heterocycles.